The molecule has 0 saturated carbocycles. The molecule has 2 saturated heterocycles. The maximum absolute atomic E-state index is 12.3. The summed E-state index contributed by atoms with van der Waals surface area (Å²) in [5.41, 5.74) is 7.60. The summed E-state index contributed by atoms with van der Waals surface area (Å²) in [4.78, 5) is 16.2. The Labute approximate surface area is 152 Å². The monoisotopic (exact) mass is 356 g/mol. The topological polar surface area (TPSA) is 56.4 Å². The van der Waals surface area contributed by atoms with Gasteiger partial charge in [-0.3, -0.25) is 9.69 Å². The van der Waals surface area contributed by atoms with E-state index in [4.69, 9.17) is 0 Å². The zero-order chi connectivity index (χ0) is 17.1. The predicted molar refractivity (Wildman–Crippen MR) is 100 cm³/mol. The van der Waals surface area contributed by atoms with Gasteiger partial charge in [0.2, 0.25) is 0 Å². The lowest BCUT2D eigenvalue weighted by Crippen LogP contribution is -2.51. The number of nitrogens with one attached hydrogen (secondary N) is 3. The Morgan fingerprint density at radius 3 is 2.60 bits per heavy atom. The van der Waals surface area contributed by atoms with Crippen LogP contribution in [0.2, 0.25) is 0 Å². The van der Waals surface area contributed by atoms with Crippen LogP contribution >= 0.6 is 11.3 Å². The van der Waals surface area contributed by atoms with E-state index in [1.54, 1.807) is 11.3 Å². The highest BCUT2D eigenvalue weighted by Gasteiger charge is 2.32. The van der Waals surface area contributed by atoms with E-state index in [-0.39, 0.29) is 11.9 Å². The minimum absolute atomic E-state index is 0.0393. The number of nitrogens with zero attached hydrogens (tertiary/aromatic N) is 1. The van der Waals surface area contributed by atoms with Crippen LogP contribution in [0.1, 0.15) is 40.5 Å². The summed E-state index contributed by atoms with van der Waals surface area (Å²) in [5, 5.41) is 5.31. The largest absolute Gasteiger partial charge is 0.349 e. The minimum Gasteiger partial charge on any atom is -0.349 e. The summed E-state index contributed by atoms with van der Waals surface area (Å²) in [6.07, 6.45) is 3.46. The fourth-order valence-electron chi connectivity index (χ4n) is 3.67. The average molecular weight is 356 g/mol. The van der Waals surface area contributed by atoms with Crippen molar-refractivity contribution >= 4 is 17.2 Å². The molecule has 2 fully saturated rings. The van der Waals surface area contributed by atoms with Crippen molar-refractivity contribution in [3.8, 4) is 0 Å². The number of rotatable bonds is 4. The molecular formula is C19H24N4OS. The van der Waals surface area contributed by atoms with Crippen LogP contribution in [0.3, 0.4) is 0 Å². The molecule has 0 radical (unpaired) electrons. The lowest BCUT2D eigenvalue weighted by molar-refractivity contribution is 0.0880. The van der Waals surface area contributed by atoms with Crippen molar-refractivity contribution in [3.63, 3.8) is 0 Å². The molecule has 132 valence electrons. The second-order valence-corrected chi connectivity index (χ2v) is 7.74. The van der Waals surface area contributed by atoms with Gasteiger partial charge >= 0.3 is 0 Å². The van der Waals surface area contributed by atoms with Crippen molar-refractivity contribution in [3.05, 3.63) is 58.3 Å². The molecule has 4 rings (SSSR count). The van der Waals surface area contributed by atoms with Gasteiger partial charge in [-0.15, -0.1) is 11.3 Å². The molecule has 2 aliphatic rings. The number of hydrogen-bond acceptors (Lipinski definition) is 5. The van der Waals surface area contributed by atoms with Gasteiger partial charge in [0.25, 0.3) is 5.91 Å². The molecule has 1 aromatic heterocycles. The molecule has 0 spiro atoms. The molecular weight excluding hydrogens is 332 g/mol. The predicted octanol–water partition coefficient (Wildman–Crippen LogP) is 2.51. The first-order valence-electron chi connectivity index (χ1n) is 8.94. The fraction of sp³-hybridized carbons (Fsp3) is 0.421. The average Bonchev–Trinajstić information content (AvgIpc) is 3.35. The zero-order valence-electron chi connectivity index (χ0n) is 14.2. The lowest BCUT2D eigenvalue weighted by atomic mass is 10.0. The molecule has 2 unspecified atom stereocenters. The molecule has 2 aliphatic heterocycles. The third kappa shape index (κ3) is 3.93. The van der Waals surface area contributed by atoms with Crippen molar-refractivity contribution in [1.82, 2.24) is 21.1 Å². The number of amides is 1. The van der Waals surface area contributed by atoms with Crippen LogP contribution < -0.4 is 16.2 Å². The Hall–Kier alpha value is -1.73. The highest BCUT2D eigenvalue weighted by atomic mass is 32.1. The van der Waals surface area contributed by atoms with Gasteiger partial charge in [-0.05, 0) is 42.8 Å². The van der Waals surface area contributed by atoms with E-state index in [9.17, 15) is 4.79 Å². The van der Waals surface area contributed by atoms with Gasteiger partial charge < -0.3 is 5.32 Å². The number of benzene rings is 1. The van der Waals surface area contributed by atoms with Gasteiger partial charge in [0, 0.05) is 29.6 Å². The lowest BCUT2D eigenvalue weighted by Gasteiger charge is -2.35. The van der Waals surface area contributed by atoms with Gasteiger partial charge in [-0.1, -0.05) is 24.3 Å². The molecule has 6 heteroatoms. The van der Waals surface area contributed by atoms with Gasteiger partial charge in [0.15, 0.2) is 0 Å². The fourth-order valence-corrected chi connectivity index (χ4v) is 4.46. The number of thiophene rings is 1. The molecule has 2 atom stereocenters. The molecule has 0 bridgehead atoms. The van der Waals surface area contributed by atoms with Gasteiger partial charge in [0.05, 0.1) is 12.2 Å². The van der Waals surface area contributed by atoms with E-state index in [1.165, 1.54) is 4.88 Å². The summed E-state index contributed by atoms with van der Waals surface area (Å²) in [6, 6.07) is 14.4. The third-order valence-corrected chi connectivity index (χ3v) is 6.10. The maximum atomic E-state index is 12.3. The number of carbonyl (C=O) groups is 1. The number of likely N-dealkylation sites (tertiary alicyclic amines) is 1. The standard InChI is InChI=1S/C19H24N4OS/c24-19(14-5-2-1-3-6-14)20-15-8-10-23(11-9-15)18-13-16(21-22-18)17-7-4-12-25-17/h1-7,12,15-16,18,21-22H,8-11,13H2,(H,20,24). The van der Waals surface area contributed by atoms with Crippen molar-refractivity contribution in [1.29, 1.82) is 0 Å². The van der Waals surface area contributed by atoms with Crippen LogP contribution in [0, 0.1) is 0 Å². The Balaban J connectivity index is 1.25. The summed E-state index contributed by atoms with van der Waals surface area (Å²) >= 11 is 1.81. The summed E-state index contributed by atoms with van der Waals surface area (Å²) < 4.78 is 0. The molecule has 2 aromatic rings. The van der Waals surface area contributed by atoms with Crippen LogP contribution in [-0.4, -0.2) is 36.1 Å². The first-order chi connectivity index (χ1) is 12.3. The molecule has 1 aromatic carbocycles. The van der Waals surface area contributed by atoms with E-state index >= 15 is 0 Å². The minimum atomic E-state index is 0.0393. The SMILES string of the molecule is O=C(NC1CCN(C2CC(c3cccs3)NN2)CC1)c1ccccc1. The van der Waals surface area contributed by atoms with E-state index in [0.717, 1.165) is 37.9 Å². The highest BCUT2D eigenvalue weighted by molar-refractivity contribution is 7.10. The summed E-state index contributed by atoms with van der Waals surface area (Å²) in [5.74, 6) is 0.0393. The molecule has 0 aliphatic carbocycles. The van der Waals surface area contributed by atoms with Crippen molar-refractivity contribution in [2.24, 2.45) is 0 Å². The number of hydrogen-bond donors (Lipinski definition) is 3. The van der Waals surface area contributed by atoms with Gasteiger partial charge in [-0.25, -0.2) is 10.9 Å². The molecule has 25 heavy (non-hydrogen) atoms. The first-order valence-corrected chi connectivity index (χ1v) is 9.82. The number of hydrazine groups is 1. The van der Waals surface area contributed by atoms with Crippen LogP contribution in [0.25, 0.3) is 0 Å². The second kappa shape index (κ2) is 7.66. The number of carbonyl (C=O) groups excluding carboxylic acids is 1. The Morgan fingerprint density at radius 2 is 1.88 bits per heavy atom. The summed E-state index contributed by atoms with van der Waals surface area (Å²) in [6.45, 7) is 2.02. The smallest absolute Gasteiger partial charge is 0.251 e. The van der Waals surface area contributed by atoms with Crippen LogP contribution in [-0.2, 0) is 0 Å². The van der Waals surface area contributed by atoms with E-state index in [1.807, 2.05) is 30.3 Å². The Kier molecular flexibility index (Phi) is 5.12. The first kappa shape index (κ1) is 16.7. The highest BCUT2D eigenvalue weighted by Crippen LogP contribution is 2.28. The second-order valence-electron chi connectivity index (χ2n) is 6.76. The van der Waals surface area contributed by atoms with E-state index in [2.05, 4.69) is 38.6 Å². The molecule has 3 heterocycles. The van der Waals surface area contributed by atoms with Crippen LogP contribution in [0.5, 0.6) is 0 Å². The number of piperidine rings is 1. The van der Waals surface area contributed by atoms with Gasteiger partial charge in [-0.2, -0.15) is 0 Å². The third-order valence-electron chi connectivity index (χ3n) is 5.11. The molecule has 1 amide bonds. The zero-order valence-corrected chi connectivity index (χ0v) is 15.0. The van der Waals surface area contributed by atoms with Crippen molar-refractivity contribution < 1.29 is 4.79 Å². The van der Waals surface area contributed by atoms with Crippen molar-refractivity contribution in [2.45, 2.75) is 37.5 Å². The summed E-state index contributed by atoms with van der Waals surface area (Å²) in [7, 11) is 0. The molecule has 5 nitrogen and oxygen atoms in total. The van der Waals surface area contributed by atoms with Gasteiger partial charge in [0.1, 0.15) is 0 Å². The van der Waals surface area contributed by atoms with E-state index < -0.39 is 0 Å². The normalized spacial score (nSPS) is 25.1. The van der Waals surface area contributed by atoms with E-state index in [0.29, 0.717) is 12.2 Å². The quantitative estimate of drug-likeness (QED) is 0.788. The van der Waals surface area contributed by atoms with Crippen LogP contribution in [0.4, 0.5) is 0 Å². The maximum Gasteiger partial charge on any atom is 0.251 e. The van der Waals surface area contributed by atoms with Crippen molar-refractivity contribution in [2.75, 3.05) is 13.1 Å². The molecule has 3 N–H and O–H groups in total. The Morgan fingerprint density at radius 1 is 1.08 bits per heavy atom. The van der Waals surface area contributed by atoms with Crippen LogP contribution in [0.15, 0.2) is 47.8 Å². The Bertz CT molecular complexity index is 683.